The van der Waals surface area contributed by atoms with Crippen molar-refractivity contribution in [2.45, 2.75) is 6.61 Å². The number of nitrogens with two attached hydrogens (primary N) is 2. The zero-order valence-corrected chi connectivity index (χ0v) is 16.6. The molecule has 0 spiro atoms. The van der Waals surface area contributed by atoms with Crippen molar-refractivity contribution in [1.29, 1.82) is 0 Å². The average Bonchev–Trinajstić information content (AvgIpc) is 2.70. The van der Waals surface area contributed by atoms with Crippen molar-refractivity contribution >= 4 is 40.7 Å². The van der Waals surface area contributed by atoms with Crippen LogP contribution < -0.4 is 16.2 Å². The summed E-state index contributed by atoms with van der Waals surface area (Å²) in [7, 11) is 1.27. The van der Waals surface area contributed by atoms with E-state index >= 15 is 0 Å². The molecule has 0 bridgehead atoms. The van der Waals surface area contributed by atoms with E-state index in [0.717, 1.165) is 0 Å². The van der Waals surface area contributed by atoms with Crippen LogP contribution in [0.15, 0.2) is 36.4 Å². The van der Waals surface area contributed by atoms with Crippen LogP contribution in [0.3, 0.4) is 0 Å². The van der Waals surface area contributed by atoms with Crippen LogP contribution in [0, 0.1) is 5.82 Å². The molecule has 0 aliphatic rings. The maximum Gasteiger partial charge on any atom is 0.359 e. The van der Waals surface area contributed by atoms with Crippen LogP contribution in [0.1, 0.15) is 16.1 Å². The molecule has 150 valence electrons. The number of carbonyl (C=O) groups excluding carboxylic acids is 1. The first-order chi connectivity index (χ1) is 13.8. The Labute approximate surface area is 175 Å². The van der Waals surface area contributed by atoms with Crippen LogP contribution in [0.5, 0.6) is 5.75 Å². The molecule has 0 fully saturated rings. The summed E-state index contributed by atoms with van der Waals surface area (Å²) in [6.07, 6.45) is 0. The summed E-state index contributed by atoms with van der Waals surface area (Å²) in [5.41, 5.74) is 12.3. The van der Waals surface area contributed by atoms with E-state index in [9.17, 15) is 9.18 Å². The average molecular weight is 437 g/mol. The SMILES string of the molecule is COc1c(Cl)ccc(-c2nc(N)c(Cl)c(C(=O)OCc3ccc(N)cc3)n2)c1F. The molecule has 0 aliphatic heterocycles. The number of methoxy groups -OCH3 is 1. The van der Waals surface area contributed by atoms with Crippen LogP contribution in [-0.4, -0.2) is 23.0 Å². The molecular formula is C19H15Cl2FN4O3. The summed E-state index contributed by atoms with van der Waals surface area (Å²) < 4.78 is 24.9. The fraction of sp³-hybridized carbons (Fsp3) is 0.105. The molecular weight excluding hydrogens is 422 g/mol. The zero-order valence-electron chi connectivity index (χ0n) is 15.1. The Morgan fingerprint density at radius 2 is 1.79 bits per heavy atom. The second-order valence-corrected chi connectivity index (χ2v) is 6.64. The van der Waals surface area contributed by atoms with Crippen molar-refractivity contribution in [2.24, 2.45) is 0 Å². The first-order valence-electron chi connectivity index (χ1n) is 8.18. The quantitative estimate of drug-likeness (QED) is 0.456. The minimum atomic E-state index is -0.844. The Morgan fingerprint density at radius 1 is 1.10 bits per heavy atom. The number of rotatable bonds is 5. The van der Waals surface area contributed by atoms with Crippen LogP contribution in [0.2, 0.25) is 10.0 Å². The van der Waals surface area contributed by atoms with Gasteiger partial charge in [-0.25, -0.2) is 19.2 Å². The standard InChI is InChI=1S/C19H15Cl2FN4O3/c1-28-16-12(20)7-6-11(14(16)22)18-25-15(13(21)17(24)26-18)19(27)29-8-9-2-4-10(23)5-3-9/h2-7H,8,23H2,1H3,(H2,24,25,26). The molecule has 10 heteroatoms. The van der Waals surface area contributed by atoms with Gasteiger partial charge >= 0.3 is 5.97 Å². The van der Waals surface area contributed by atoms with Crippen molar-refractivity contribution in [1.82, 2.24) is 9.97 Å². The number of benzene rings is 2. The lowest BCUT2D eigenvalue weighted by Crippen LogP contribution is -2.12. The van der Waals surface area contributed by atoms with E-state index in [-0.39, 0.29) is 45.3 Å². The number of carbonyl (C=O) groups is 1. The second kappa shape index (κ2) is 8.50. The van der Waals surface area contributed by atoms with Gasteiger partial charge in [-0.15, -0.1) is 0 Å². The predicted octanol–water partition coefficient (Wildman–Crippen LogP) is 4.12. The molecule has 0 saturated carbocycles. The van der Waals surface area contributed by atoms with Crippen LogP contribution in [-0.2, 0) is 11.3 Å². The minimum absolute atomic E-state index is 0.0438. The fourth-order valence-electron chi connectivity index (χ4n) is 2.44. The van der Waals surface area contributed by atoms with Crippen LogP contribution >= 0.6 is 23.2 Å². The highest BCUT2D eigenvalue weighted by atomic mass is 35.5. The van der Waals surface area contributed by atoms with Crippen molar-refractivity contribution in [3.63, 3.8) is 0 Å². The van der Waals surface area contributed by atoms with Gasteiger partial charge in [0.1, 0.15) is 17.4 Å². The number of esters is 1. The van der Waals surface area contributed by atoms with E-state index < -0.39 is 11.8 Å². The third kappa shape index (κ3) is 4.33. The molecule has 3 aromatic rings. The van der Waals surface area contributed by atoms with Crippen molar-refractivity contribution in [2.75, 3.05) is 18.6 Å². The van der Waals surface area contributed by atoms with E-state index in [4.69, 9.17) is 44.1 Å². The molecule has 3 rings (SSSR count). The van der Waals surface area contributed by atoms with Gasteiger partial charge in [0.15, 0.2) is 23.1 Å². The van der Waals surface area contributed by atoms with Gasteiger partial charge in [-0.2, -0.15) is 0 Å². The highest BCUT2D eigenvalue weighted by molar-refractivity contribution is 6.35. The Balaban J connectivity index is 1.93. The topological polar surface area (TPSA) is 113 Å². The van der Waals surface area contributed by atoms with Crippen LogP contribution in [0.25, 0.3) is 11.4 Å². The lowest BCUT2D eigenvalue weighted by Gasteiger charge is -2.11. The fourth-order valence-corrected chi connectivity index (χ4v) is 2.83. The maximum atomic E-state index is 14.7. The van der Waals surface area contributed by atoms with E-state index in [2.05, 4.69) is 9.97 Å². The number of halogens is 3. The van der Waals surface area contributed by atoms with Crippen molar-refractivity contribution < 1.29 is 18.7 Å². The molecule has 0 saturated heterocycles. The lowest BCUT2D eigenvalue weighted by atomic mass is 10.1. The first kappa shape index (κ1) is 20.6. The van der Waals surface area contributed by atoms with Crippen molar-refractivity contribution in [3.05, 3.63) is 63.5 Å². The zero-order chi connectivity index (χ0) is 21.1. The first-order valence-corrected chi connectivity index (χ1v) is 8.94. The second-order valence-electron chi connectivity index (χ2n) is 5.85. The summed E-state index contributed by atoms with van der Waals surface area (Å²) in [5, 5.41) is -0.129. The summed E-state index contributed by atoms with van der Waals surface area (Å²) in [6, 6.07) is 9.51. The predicted molar refractivity (Wildman–Crippen MR) is 108 cm³/mol. The third-order valence-corrected chi connectivity index (χ3v) is 4.58. The smallest absolute Gasteiger partial charge is 0.359 e. The number of ether oxygens (including phenoxy) is 2. The number of nitrogens with zero attached hydrogens (tertiary/aromatic N) is 2. The monoisotopic (exact) mass is 436 g/mol. The van der Waals surface area contributed by atoms with Gasteiger partial charge in [0.25, 0.3) is 0 Å². The van der Waals surface area contributed by atoms with E-state index in [1.54, 1.807) is 24.3 Å². The Morgan fingerprint density at radius 3 is 2.45 bits per heavy atom. The highest BCUT2D eigenvalue weighted by Gasteiger charge is 2.23. The van der Waals surface area contributed by atoms with Gasteiger partial charge in [0, 0.05) is 5.69 Å². The van der Waals surface area contributed by atoms with Crippen LogP contribution in [0.4, 0.5) is 15.9 Å². The van der Waals surface area contributed by atoms with Gasteiger partial charge in [-0.05, 0) is 29.8 Å². The van der Waals surface area contributed by atoms with Crippen molar-refractivity contribution in [3.8, 4) is 17.1 Å². The number of hydrogen-bond donors (Lipinski definition) is 2. The molecule has 29 heavy (non-hydrogen) atoms. The van der Waals surface area contributed by atoms with Gasteiger partial charge in [-0.3, -0.25) is 0 Å². The molecule has 0 unspecified atom stereocenters. The summed E-state index contributed by atoms with van der Waals surface area (Å²) in [6.45, 7) is -0.0438. The van der Waals surface area contributed by atoms with E-state index in [1.165, 1.54) is 19.2 Å². The van der Waals surface area contributed by atoms with Gasteiger partial charge in [-0.1, -0.05) is 35.3 Å². The lowest BCUT2D eigenvalue weighted by molar-refractivity contribution is 0.0466. The molecule has 0 atom stereocenters. The molecule has 1 heterocycles. The normalized spacial score (nSPS) is 10.6. The molecule has 4 N–H and O–H groups in total. The molecule has 0 aliphatic carbocycles. The Kier molecular flexibility index (Phi) is 6.05. The summed E-state index contributed by atoms with van der Waals surface area (Å²) in [4.78, 5) is 20.5. The highest BCUT2D eigenvalue weighted by Crippen LogP contribution is 2.35. The summed E-state index contributed by atoms with van der Waals surface area (Å²) >= 11 is 12.0. The molecule has 0 radical (unpaired) electrons. The number of aromatic nitrogens is 2. The molecule has 0 amide bonds. The number of hydrogen-bond acceptors (Lipinski definition) is 7. The largest absolute Gasteiger partial charge is 0.492 e. The van der Waals surface area contributed by atoms with Gasteiger partial charge in [0.05, 0.1) is 17.7 Å². The minimum Gasteiger partial charge on any atom is -0.492 e. The van der Waals surface area contributed by atoms with E-state index in [1.807, 2.05) is 0 Å². The van der Waals surface area contributed by atoms with Gasteiger partial charge < -0.3 is 20.9 Å². The Hall–Kier alpha value is -3.10. The van der Waals surface area contributed by atoms with Gasteiger partial charge in [0.2, 0.25) is 0 Å². The summed E-state index contributed by atoms with van der Waals surface area (Å²) in [5.74, 6) is -2.21. The van der Waals surface area contributed by atoms with E-state index in [0.29, 0.717) is 11.3 Å². The molecule has 1 aromatic heterocycles. The third-order valence-electron chi connectivity index (χ3n) is 3.91. The maximum absolute atomic E-state index is 14.7. The molecule has 7 nitrogen and oxygen atoms in total. The number of nitrogen functional groups attached to an aromatic ring is 2. The molecule has 2 aromatic carbocycles. The number of anilines is 2. The Bertz CT molecular complexity index is 1080.